The fourth-order valence-corrected chi connectivity index (χ4v) is 2.95. The third kappa shape index (κ3) is 3.71. The molecule has 0 aliphatic heterocycles. The first-order valence-electron chi connectivity index (χ1n) is 8.22. The van der Waals surface area contributed by atoms with Crippen molar-refractivity contribution < 1.29 is 14.9 Å². The average molecular weight is 353 g/mol. The van der Waals surface area contributed by atoms with Crippen LogP contribution in [0.15, 0.2) is 47.3 Å². The largest absolute Gasteiger partial charge is 0.506 e. The number of aliphatic hydroxyl groups is 1. The number of H-pyrrole nitrogens is 1. The molecular weight excluding hydrogens is 332 g/mol. The number of phenolic OH excluding ortho intramolecular Hbond substituents is 1. The summed E-state index contributed by atoms with van der Waals surface area (Å²) in [6.07, 6.45) is -0.790. The van der Waals surface area contributed by atoms with Crippen molar-refractivity contribution in [2.45, 2.75) is 12.6 Å². The van der Waals surface area contributed by atoms with Crippen molar-refractivity contribution in [3.63, 3.8) is 0 Å². The lowest BCUT2D eigenvalue weighted by molar-refractivity contribution is 0.176. The monoisotopic (exact) mass is 353 g/mol. The van der Waals surface area contributed by atoms with Gasteiger partial charge in [0.05, 0.1) is 18.7 Å². The topological polar surface area (TPSA) is 94.6 Å². The predicted molar refractivity (Wildman–Crippen MR) is 100 cm³/mol. The first-order valence-corrected chi connectivity index (χ1v) is 8.22. The molecule has 0 saturated carbocycles. The molecule has 0 spiro atoms. The summed E-state index contributed by atoms with van der Waals surface area (Å²) in [4.78, 5) is 14.1. The van der Waals surface area contributed by atoms with Crippen molar-refractivity contribution in [3.05, 3.63) is 76.4 Å². The molecule has 1 heterocycles. The van der Waals surface area contributed by atoms with Gasteiger partial charge < -0.3 is 25.3 Å². The molecule has 1 atom stereocenters. The van der Waals surface area contributed by atoms with Gasteiger partial charge in [0.15, 0.2) is 0 Å². The van der Waals surface area contributed by atoms with Crippen LogP contribution in [0.1, 0.15) is 22.8 Å². The van der Waals surface area contributed by atoms with Gasteiger partial charge >= 0.3 is 0 Å². The number of phenols is 1. The molecule has 2 aromatic carbocycles. The maximum atomic E-state index is 11.5. The lowest BCUT2D eigenvalue weighted by Crippen LogP contribution is -2.21. The van der Waals surface area contributed by atoms with Crippen LogP contribution in [0.4, 0.5) is 0 Å². The van der Waals surface area contributed by atoms with Crippen LogP contribution in [-0.2, 0) is 6.54 Å². The van der Waals surface area contributed by atoms with Crippen molar-refractivity contribution in [1.82, 2.24) is 10.3 Å². The quantitative estimate of drug-likeness (QED) is 0.545. The van der Waals surface area contributed by atoms with E-state index in [1.807, 2.05) is 18.2 Å². The molecule has 3 rings (SSSR count). The standard InChI is InChI=1S/C20H21N2O4/c1-12-9-13(3-7-18(12)26-2)10-21-11-17(24)14-4-6-16(23)20-15(14)5-8-19(25)22-20/h3-9,17,21,23-24H,1,10-11H2,2H3,(H,22,25)/t17-/m0/s1. The number of aromatic hydroxyl groups is 1. The number of methoxy groups -OCH3 is 1. The number of hydrogen-bond acceptors (Lipinski definition) is 5. The Hall–Kier alpha value is -2.83. The Morgan fingerprint density at radius 1 is 1.23 bits per heavy atom. The number of aliphatic hydroxyl groups excluding tert-OH is 1. The van der Waals surface area contributed by atoms with Crippen molar-refractivity contribution in [3.8, 4) is 11.5 Å². The molecule has 6 heteroatoms. The second-order valence-electron chi connectivity index (χ2n) is 6.08. The van der Waals surface area contributed by atoms with E-state index in [4.69, 9.17) is 4.74 Å². The third-order valence-corrected chi connectivity index (χ3v) is 4.28. The number of fused-ring (bicyclic) bond motifs is 1. The Morgan fingerprint density at radius 3 is 2.77 bits per heavy atom. The van der Waals surface area contributed by atoms with Crippen LogP contribution in [-0.4, -0.2) is 28.9 Å². The van der Waals surface area contributed by atoms with E-state index in [2.05, 4.69) is 17.2 Å². The van der Waals surface area contributed by atoms with Crippen LogP contribution in [0.3, 0.4) is 0 Å². The fraction of sp³-hybridized carbons (Fsp3) is 0.200. The zero-order chi connectivity index (χ0) is 18.7. The van der Waals surface area contributed by atoms with Gasteiger partial charge in [-0.25, -0.2) is 0 Å². The minimum atomic E-state index is -0.790. The van der Waals surface area contributed by atoms with E-state index in [0.29, 0.717) is 29.6 Å². The molecule has 1 radical (unpaired) electrons. The molecule has 1 aromatic heterocycles. The molecule has 135 valence electrons. The maximum absolute atomic E-state index is 11.5. The second kappa shape index (κ2) is 7.59. The van der Waals surface area contributed by atoms with Crippen LogP contribution >= 0.6 is 0 Å². The van der Waals surface area contributed by atoms with Crippen molar-refractivity contribution in [2.24, 2.45) is 0 Å². The second-order valence-corrected chi connectivity index (χ2v) is 6.08. The Morgan fingerprint density at radius 2 is 2.04 bits per heavy atom. The molecule has 4 N–H and O–H groups in total. The molecule has 0 unspecified atom stereocenters. The van der Waals surface area contributed by atoms with Crippen LogP contribution < -0.4 is 15.6 Å². The highest BCUT2D eigenvalue weighted by Gasteiger charge is 2.13. The SMILES string of the molecule is [CH2]c1cc(CNC[C@H](O)c2ccc(O)c3[nH]c(=O)ccc23)ccc1OC. The summed E-state index contributed by atoms with van der Waals surface area (Å²) < 4.78 is 5.19. The van der Waals surface area contributed by atoms with Gasteiger partial charge in [0, 0.05) is 24.5 Å². The minimum Gasteiger partial charge on any atom is -0.506 e. The van der Waals surface area contributed by atoms with Gasteiger partial charge in [-0.2, -0.15) is 0 Å². The number of nitrogens with one attached hydrogen (secondary N) is 2. The molecule has 3 aromatic rings. The van der Waals surface area contributed by atoms with Gasteiger partial charge in [-0.15, -0.1) is 0 Å². The highest BCUT2D eigenvalue weighted by atomic mass is 16.5. The average Bonchev–Trinajstić information content (AvgIpc) is 2.62. The van der Waals surface area contributed by atoms with E-state index in [0.717, 1.165) is 16.9 Å². The molecule has 6 nitrogen and oxygen atoms in total. The first kappa shape index (κ1) is 18.0. The van der Waals surface area contributed by atoms with E-state index in [9.17, 15) is 15.0 Å². The van der Waals surface area contributed by atoms with Gasteiger partial charge in [0.1, 0.15) is 11.5 Å². The summed E-state index contributed by atoms with van der Waals surface area (Å²) in [6.45, 7) is 4.82. The molecule has 0 aliphatic carbocycles. The van der Waals surface area contributed by atoms with E-state index in [-0.39, 0.29) is 11.3 Å². The number of aromatic nitrogens is 1. The normalized spacial score (nSPS) is 12.3. The van der Waals surface area contributed by atoms with Crippen LogP contribution in [0.2, 0.25) is 0 Å². The molecule has 0 amide bonds. The van der Waals surface area contributed by atoms with Gasteiger partial charge in [-0.3, -0.25) is 4.79 Å². The first-order chi connectivity index (χ1) is 12.5. The Kier molecular flexibility index (Phi) is 5.25. The van der Waals surface area contributed by atoms with E-state index >= 15 is 0 Å². The molecule has 0 saturated heterocycles. The third-order valence-electron chi connectivity index (χ3n) is 4.28. The van der Waals surface area contributed by atoms with Crippen molar-refractivity contribution in [1.29, 1.82) is 0 Å². The predicted octanol–water partition coefficient (Wildman–Crippen LogP) is 2.25. The number of benzene rings is 2. The highest BCUT2D eigenvalue weighted by Crippen LogP contribution is 2.28. The van der Waals surface area contributed by atoms with Crippen molar-refractivity contribution >= 4 is 10.9 Å². The van der Waals surface area contributed by atoms with E-state index in [1.165, 1.54) is 12.1 Å². The van der Waals surface area contributed by atoms with E-state index < -0.39 is 6.10 Å². The van der Waals surface area contributed by atoms with Crippen LogP contribution in [0, 0.1) is 6.92 Å². The zero-order valence-electron chi connectivity index (χ0n) is 14.5. The van der Waals surface area contributed by atoms with Gasteiger partial charge in [0.2, 0.25) is 5.56 Å². The number of hydrogen-bond donors (Lipinski definition) is 4. The maximum Gasteiger partial charge on any atom is 0.248 e. The summed E-state index contributed by atoms with van der Waals surface area (Å²) in [5.74, 6) is 0.709. The van der Waals surface area contributed by atoms with Crippen LogP contribution in [0.5, 0.6) is 11.5 Å². The molecule has 0 fully saturated rings. The smallest absolute Gasteiger partial charge is 0.248 e. The summed E-state index contributed by atoms with van der Waals surface area (Å²) in [5, 5.41) is 24.3. The molecule has 0 bridgehead atoms. The summed E-state index contributed by atoms with van der Waals surface area (Å²) >= 11 is 0. The number of pyridine rings is 1. The lowest BCUT2D eigenvalue weighted by Gasteiger charge is -2.15. The lowest BCUT2D eigenvalue weighted by atomic mass is 10.0. The highest BCUT2D eigenvalue weighted by molar-refractivity contribution is 5.87. The van der Waals surface area contributed by atoms with Crippen molar-refractivity contribution in [2.75, 3.05) is 13.7 Å². The Bertz CT molecular complexity index is 981. The van der Waals surface area contributed by atoms with Gasteiger partial charge in [-0.05, 0) is 41.8 Å². The summed E-state index contributed by atoms with van der Waals surface area (Å²) in [5.41, 5.74) is 2.49. The molecular formula is C20H21N2O4. The van der Waals surface area contributed by atoms with Crippen LogP contribution in [0.25, 0.3) is 10.9 Å². The number of ether oxygens (including phenoxy) is 1. The van der Waals surface area contributed by atoms with E-state index in [1.54, 1.807) is 19.2 Å². The summed E-state index contributed by atoms with van der Waals surface area (Å²) in [7, 11) is 1.60. The van der Waals surface area contributed by atoms with Gasteiger partial charge in [-0.1, -0.05) is 18.2 Å². The Balaban J connectivity index is 1.72. The Labute approximate surface area is 151 Å². The fourth-order valence-electron chi connectivity index (χ4n) is 2.95. The minimum absolute atomic E-state index is 0.0252. The molecule has 0 aliphatic rings. The van der Waals surface area contributed by atoms with Gasteiger partial charge in [0.25, 0.3) is 0 Å². The zero-order valence-corrected chi connectivity index (χ0v) is 14.5. The number of rotatable bonds is 6. The number of aromatic amines is 1. The molecule has 26 heavy (non-hydrogen) atoms. The summed E-state index contributed by atoms with van der Waals surface area (Å²) in [6, 6.07) is 11.8.